The van der Waals surface area contributed by atoms with Gasteiger partial charge in [0.15, 0.2) is 0 Å². The van der Waals surface area contributed by atoms with Crippen molar-refractivity contribution in [3.63, 3.8) is 0 Å². The second-order valence-corrected chi connectivity index (χ2v) is 3.59. The van der Waals surface area contributed by atoms with Crippen molar-refractivity contribution >= 4 is 17.5 Å². The molecule has 0 atom stereocenters. The molecule has 0 spiro atoms. The third kappa shape index (κ3) is 3.70. The molecule has 4 nitrogen and oxygen atoms in total. The highest BCUT2D eigenvalue weighted by Gasteiger charge is 2.11. The SMILES string of the molecule is COc1ncccc1C(=O)NCCCCCl. The lowest BCUT2D eigenvalue weighted by Gasteiger charge is -2.07. The summed E-state index contributed by atoms with van der Waals surface area (Å²) < 4.78 is 5.00. The minimum atomic E-state index is -0.167. The minimum Gasteiger partial charge on any atom is -0.480 e. The number of carbonyl (C=O) groups is 1. The number of hydrogen-bond acceptors (Lipinski definition) is 3. The minimum absolute atomic E-state index is 0.167. The Balaban J connectivity index is 2.52. The lowest BCUT2D eigenvalue weighted by atomic mass is 10.2. The van der Waals surface area contributed by atoms with Gasteiger partial charge in [-0.2, -0.15) is 0 Å². The average Bonchev–Trinajstić information content (AvgIpc) is 2.34. The van der Waals surface area contributed by atoms with E-state index in [2.05, 4.69) is 10.3 Å². The second kappa shape index (κ2) is 7.06. The van der Waals surface area contributed by atoms with Gasteiger partial charge in [0.25, 0.3) is 5.91 Å². The number of nitrogens with zero attached hydrogens (tertiary/aromatic N) is 1. The first-order valence-corrected chi connectivity index (χ1v) is 5.66. The van der Waals surface area contributed by atoms with E-state index < -0.39 is 0 Å². The van der Waals surface area contributed by atoms with Crippen LogP contribution in [0.15, 0.2) is 18.3 Å². The maximum absolute atomic E-state index is 11.7. The van der Waals surface area contributed by atoms with Crippen LogP contribution in [0.1, 0.15) is 23.2 Å². The van der Waals surface area contributed by atoms with E-state index in [1.807, 2.05) is 0 Å². The third-order valence-corrected chi connectivity index (χ3v) is 2.32. The van der Waals surface area contributed by atoms with Crippen LogP contribution >= 0.6 is 11.6 Å². The summed E-state index contributed by atoms with van der Waals surface area (Å²) in [5.74, 6) is 0.795. The van der Waals surface area contributed by atoms with Crippen molar-refractivity contribution < 1.29 is 9.53 Å². The maximum Gasteiger partial charge on any atom is 0.256 e. The van der Waals surface area contributed by atoms with Crippen molar-refractivity contribution in [2.45, 2.75) is 12.8 Å². The predicted octanol–water partition coefficient (Wildman–Crippen LogP) is 1.84. The summed E-state index contributed by atoms with van der Waals surface area (Å²) in [6, 6.07) is 3.39. The highest BCUT2D eigenvalue weighted by Crippen LogP contribution is 2.12. The molecule has 0 aliphatic heterocycles. The van der Waals surface area contributed by atoms with E-state index in [0.717, 1.165) is 12.8 Å². The Morgan fingerprint density at radius 1 is 1.56 bits per heavy atom. The molecular weight excluding hydrogens is 228 g/mol. The summed E-state index contributed by atoms with van der Waals surface area (Å²) in [7, 11) is 1.49. The Morgan fingerprint density at radius 3 is 3.06 bits per heavy atom. The molecule has 5 heteroatoms. The maximum atomic E-state index is 11.7. The molecule has 1 aromatic rings. The number of aromatic nitrogens is 1. The summed E-state index contributed by atoms with van der Waals surface area (Å²) >= 11 is 5.54. The quantitative estimate of drug-likeness (QED) is 0.612. The van der Waals surface area contributed by atoms with Gasteiger partial charge in [-0.3, -0.25) is 4.79 Å². The monoisotopic (exact) mass is 242 g/mol. The number of unbranched alkanes of at least 4 members (excludes halogenated alkanes) is 1. The molecule has 0 bridgehead atoms. The zero-order valence-corrected chi connectivity index (χ0v) is 9.96. The molecule has 1 amide bonds. The zero-order valence-electron chi connectivity index (χ0n) is 9.20. The second-order valence-electron chi connectivity index (χ2n) is 3.21. The molecule has 16 heavy (non-hydrogen) atoms. The van der Waals surface area contributed by atoms with E-state index in [9.17, 15) is 4.79 Å². The van der Waals surface area contributed by atoms with Gasteiger partial charge in [0.05, 0.1) is 7.11 Å². The van der Waals surface area contributed by atoms with Gasteiger partial charge in [0.2, 0.25) is 5.88 Å². The summed E-state index contributed by atoms with van der Waals surface area (Å²) in [5, 5.41) is 2.79. The van der Waals surface area contributed by atoms with Crippen LogP contribution in [0.3, 0.4) is 0 Å². The Hall–Kier alpha value is -1.29. The molecule has 1 heterocycles. The van der Waals surface area contributed by atoms with Crippen LogP contribution < -0.4 is 10.1 Å². The van der Waals surface area contributed by atoms with E-state index in [4.69, 9.17) is 16.3 Å². The van der Waals surface area contributed by atoms with Crippen LogP contribution in [0.4, 0.5) is 0 Å². The van der Waals surface area contributed by atoms with Gasteiger partial charge >= 0.3 is 0 Å². The number of nitrogens with one attached hydrogen (secondary N) is 1. The third-order valence-electron chi connectivity index (χ3n) is 2.06. The molecular formula is C11H15ClN2O2. The van der Waals surface area contributed by atoms with Crippen LogP contribution in [0.2, 0.25) is 0 Å². The van der Waals surface area contributed by atoms with E-state index in [1.165, 1.54) is 7.11 Å². The molecule has 1 rings (SSSR count). The van der Waals surface area contributed by atoms with Crippen molar-refractivity contribution in [1.29, 1.82) is 0 Å². The molecule has 1 aromatic heterocycles. The number of hydrogen-bond donors (Lipinski definition) is 1. The number of pyridine rings is 1. The summed E-state index contributed by atoms with van der Waals surface area (Å²) in [4.78, 5) is 15.7. The van der Waals surface area contributed by atoms with E-state index >= 15 is 0 Å². The Kier molecular flexibility index (Phi) is 5.64. The molecule has 88 valence electrons. The first-order chi connectivity index (χ1) is 7.79. The first-order valence-electron chi connectivity index (χ1n) is 5.12. The number of alkyl halides is 1. The van der Waals surface area contributed by atoms with Gasteiger partial charge in [-0.25, -0.2) is 4.98 Å². The molecule has 1 N–H and O–H groups in total. The largest absolute Gasteiger partial charge is 0.480 e. The van der Waals surface area contributed by atoms with Crippen molar-refractivity contribution in [3.05, 3.63) is 23.9 Å². The predicted molar refractivity (Wildman–Crippen MR) is 63.1 cm³/mol. The Morgan fingerprint density at radius 2 is 2.38 bits per heavy atom. The fourth-order valence-corrected chi connectivity index (χ4v) is 1.43. The van der Waals surface area contributed by atoms with E-state index in [0.29, 0.717) is 23.9 Å². The van der Waals surface area contributed by atoms with Gasteiger partial charge in [-0.05, 0) is 25.0 Å². The van der Waals surface area contributed by atoms with E-state index in [-0.39, 0.29) is 5.91 Å². The molecule has 0 fully saturated rings. The molecule has 0 saturated carbocycles. The standard InChI is InChI=1S/C11H15ClN2O2/c1-16-11-9(5-4-8-14-11)10(15)13-7-3-2-6-12/h4-5,8H,2-3,6-7H2,1H3,(H,13,15). The summed E-state index contributed by atoms with van der Waals surface area (Å²) in [5.41, 5.74) is 0.455. The lowest BCUT2D eigenvalue weighted by Crippen LogP contribution is -2.25. The number of rotatable bonds is 6. The smallest absolute Gasteiger partial charge is 0.256 e. The first kappa shape index (κ1) is 12.8. The molecule has 0 saturated heterocycles. The van der Waals surface area contributed by atoms with Crippen molar-refractivity contribution in [2.24, 2.45) is 0 Å². The van der Waals surface area contributed by atoms with Gasteiger partial charge in [-0.15, -0.1) is 11.6 Å². The molecule has 0 radical (unpaired) electrons. The number of carbonyl (C=O) groups excluding carboxylic acids is 1. The number of amides is 1. The van der Waals surface area contributed by atoms with Gasteiger partial charge in [-0.1, -0.05) is 0 Å². The fourth-order valence-electron chi connectivity index (χ4n) is 1.24. The van der Waals surface area contributed by atoms with Crippen LogP contribution in [0.5, 0.6) is 5.88 Å². The lowest BCUT2D eigenvalue weighted by molar-refractivity contribution is 0.0949. The van der Waals surface area contributed by atoms with Gasteiger partial charge < -0.3 is 10.1 Å². The summed E-state index contributed by atoms with van der Waals surface area (Å²) in [6.07, 6.45) is 3.35. The van der Waals surface area contributed by atoms with Crippen LogP contribution in [0.25, 0.3) is 0 Å². The molecule has 0 aliphatic rings. The summed E-state index contributed by atoms with van der Waals surface area (Å²) in [6.45, 7) is 0.615. The van der Waals surface area contributed by atoms with Crippen LogP contribution in [-0.4, -0.2) is 30.4 Å². The molecule has 0 aromatic carbocycles. The Labute approximate surface area is 100.0 Å². The average molecular weight is 243 g/mol. The topological polar surface area (TPSA) is 51.2 Å². The Bertz CT molecular complexity index is 345. The van der Waals surface area contributed by atoms with Crippen LogP contribution in [-0.2, 0) is 0 Å². The van der Waals surface area contributed by atoms with Gasteiger partial charge in [0, 0.05) is 18.6 Å². The molecule has 0 unspecified atom stereocenters. The number of methoxy groups -OCH3 is 1. The van der Waals surface area contributed by atoms with E-state index in [1.54, 1.807) is 18.3 Å². The van der Waals surface area contributed by atoms with Crippen molar-refractivity contribution in [3.8, 4) is 5.88 Å². The van der Waals surface area contributed by atoms with Crippen molar-refractivity contribution in [1.82, 2.24) is 10.3 Å². The zero-order chi connectivity index (χ0) is 11.8. The highest BCUT2D eigenvalue weighted by molar-refractivity contribution is 6.17. The van der Waals surface area contributed by atoms with Crippen molar-refractivity contribution in [2.75, 3.05) is 19.5 Å². The molecule has 0 aliphatic carbocycles. The van der Waals surface area contributed by atoms with Gasteiger partial charge in [0.1, 0.15) is 5.56 Å². The normalized spacial score (nSPS) is 9.88. The fraction of sp³-hybridized carbons (Fsp3) is 0.455. The highest BCUT2D eigenvalue weighted by atomic mass is 35.5. The number of ether oxygens (including phenoxy) is 1. The number of halogens is 1. The van der Waals surface area contributed by atoms with Crippen LogP contribution in [0, 0.1) is 0 Å².